The first kappa shape index (κ1) is 15.6. The van der Waals surface area contributed by atoms with Gasteiger partial charge in [0, 0.05) is 11.9 Å². The molecule has 22 heavy (non-hydrogen) atoms. The summed E-state index contributed by atoms with van der Waals surface area (Å²) in [7, 11) is 0. The van der Waals surface area contributed by atoms with Gasteiger partial charge in [0.15, 0.2) is 6.10 Å². The second kappa shape index (κ2) is 6.80. The predicted octanol–water partition coefficient (Wildman–Crippen LogP) is 2.71. The van der Waals surface area contributed by atoms with Crippen molar-refractivity contribution in [3.8, 4) is 0 Å². The highest BCUT2D eigenvalue weighted by atomic mass is 19.1. The van der Waals surface area contributed by atoms with Gasteiger partial charge in [-0.05, 0) is 38.1 Å². The zero-order valence-corrected chi connectivity index (χ0v) is 12.2. The molecule has 0 aliphatic rings. The largest absolute Gasteiger partial charge is 0.449 e. The molecule has 0 bridgehead atoms. The second-order valence-electron chi connectivity index (χ2n) is 4.70. The van der Waals surface area contributed by atoms with E-state index in [1.165, 1.54) is 31.3 Å². The first-order valence-electron chi connectivity index (χ1n) is 6.66. The van der Waals surface area contributed by atoms with Crippen LogP contribution in [0.3, 0.4) is 0 Å². The summed E-state index contributed by atoms with van der Waals surface area (Å²) in [5.74, 6) is -1.83. The molecule has 0 fully saturated rings. The summed E-state index contributed by atoms with van der Waals surface area (Å²) in [5, 5.41) is 2.37. The van der Waals surface area contributed by atoms with Crippen LogP contribution in [0, 0.1) is 12.7 Å². The van der Waals surface area contributed by atoms with Gasteiger partial charge in [0.05, 0.1) is 11.3 Å². The highest BCUT2D eigenvalue weighted by Gasteiger charge is 2.20. The predicted molar refractivity (Wildman–Crippen MR) is 78.9 cm³/mol. The molecular weight excluding hydrogens is 287 g/mol. The Kier molecular flexibility index (Phi) is 4.83. The summed E-state index contributed by atoms with van der Waals surface area (Å²) in [6.07, 6.45) is 0.313. The molecule has 0 spiro atoms. The number of aromatic nitrogens is 1. The second-order valence-corrected chi connectivity index (χ2v) is 4.70. The lowest BCUT2D eigenvalue weighted by atomic mass is 10.2. The molecule has 114 valence electrons. The van der Waals surface area contributed by atoms with E-state index in [1.807, 2.05) is 0 Å². The van der Waals surface area contributed by atoms with E-state index in [1.54, 1.807) is 25.1 Å². The van der Waals surface area contributed by atoms with Gasteiger partial charge in [-0.25, -0.2) is 9.18 Å². The lowest BCUT2D eigenvalue weighted by molar-refractivity contribution is -0.123. The molecule has 0 aliphatic heterocycles. The number of hydrogen-bond acceptors (Lipinski definition) is 4. The number of hydrogen-bond donors (Lipinski definition) is 1. The van der Waals surface area contributed by atoms with Crippen LogP contribution in [-0.2, 0) is 9.53 Å². The lowest BCUT2D eigenvalue weighted by Crippen LogP contribution is -2.30. The Balaban J connectivity index is 1.98. The Morgan fingerprint density at radius 3 is 2.59 bits per heavy atom. The Bertz CT molecular complexity index is 686. The quantitative estimate of drug-likeness (QED) is 0.882. The van der Waals surface area contributed by atoms with Crippen molar-refractivity contribution in [3.63, 3.8) is 0 Å². The van der Waals surface area contributed by atoms with E-state index in [9.17, 15) is 14.0 Å². The fourth-order valence-electron chi connectivity index (χ4n) is 1.67. The molecule has 2 aromatic rings. The number of halogens is 1. The SMILES string of the molecule is Cc1ccc(C(=O)OC(C)C(=O)Nc2ccccc2F)cn1. The minimum absolute atomic E-state index is 0.0346. The third kappa shape index (κ3) is 3.88. The number of anilines is 1. The van der Waals surface area contributed by atoms with Crippen molar-refractivity contribution in [3.05, 3.63) is 59.7 Å². The van der Waals surface area contributed by atoms with Gasteiger partial charge < -0.3 is 10.1 Å². The van der Waals surface area contributed by atoms with Crippen molar-refractivity contribution in [2.45, 2.75) is 20.0 Å². The van der Waals surface area contributed by atoms with Crippen molar-refractivity contribution in [2.24, 2.45) is 0 Å². The topological polar surface area (TPSA) is 68.3 Å². The Hall–Kier alpha value is -2.76. The highest BCUT2D eigenvalue weighted by Crippen LogP contribution is 2.13. The van der Waals surface area contributed by atoms with E-state index < -0.39 is 23.8 Å². The number of rotatable bonds is 4. The van der Waals surface area contributed by atoms with Crippen LogP contribution in [0.4, 0.5) is 10.1 Å². The molecule has 1 amide bonds. The van der Waals surface area contributed by atoms with Crippen molar-refractivity contribution in [1.29, 1.82) is 0 Å². The van der Waals surface area contributed by atoms with E-state index in [2.05, 4.69) is 10.3 Å². The van der Waals surface area contributed by atoms with E-state index in [0.29, 0.717) is 0 Å². The number of esters is 1. The van der Waals surface area contributed by atoms with Crippen molar-refractivity contribution >= 4 is 17.6 Å². The van der Waals surface area contributed by atoms with E-state index >= 15 is 0 Å². The molecule has 0 saturated carbocycles. The summed E-state index contributed by atoms with van der Waals surface area (Å²) in [4.78, 5) is 27.8. The van der Waals surface area contributed by atoms with Crippen LogP contribution in [0.5, 0.6) is 0 Å². The van der Waals surface area contributed by atoms with Gasteiger partial charge in [-0.2, -0.15) is 0 Å². The maximum atomic E-state index is 13.4. The van der Waals surface area contributed by atoms with Crippen LogP contribution in [0.15, 0.2) is 42.6 Å². The fraction of sp³-hybridized carbons (Fsp3) is 0.188. The van der Waals surface area contributed by atoms with Crippen molar-refractivity contribution in [1.82, 2.24) is 4.98 Å². The summed E-state index contributed by atoms with van der Waals surface area (Å²) in [6, 6.07) is 8.98. The maximum absolute atomic E-state index is 13.4. The number of benzene rings is 1. The number of nitrogens with one attached hydrogen (secondary N) is 1. The Morgan fingerprint density at radius 2 is 1.95 bits per heavy atom. The fourth-order valence-corrected chi connectivity index (χ4v) is 1.67. The summed E-state index contributed by atoms with van der Waals surface area (Å²) in [5.41, 5.74) is 1.05. The summed E-state index contributed by atoms with van der Waals surface area (Å²) in [6.45, 7) is 3.20. The summed E-state index contributed by atoms with van der Waals surface area (Å²) >= 11 is 0. The first-order chi connectivity index (χ1) is 10.5. The maximum Gasteiger partial charge on any atom is 0.340 e. The third-order valence-electron chi connectivity index (χ3n) is 2.93. The van der Waals surface area contributed by atoms with Crippen LogP contribution < -0.4 is 5.32 Å². The monoisotopic (exact) mass is 302 g/mol. The zero-order valence-electron chi connectivity index (χ0n) is 12.2. The molecule has 1 heterocycles. The molecule has 0 saturated heterocycles. The van der Waals surface area contributed by atoms with Gasteiger partial charge in [-0.15, -0.1) is 0 Å². The molecule has 1 aromatic carbocycles. The van der Waals surface area contributed by atoms with E-state index in [0.717, 1.165) is 5.69 Å². The van der Waals surface area contributed by atoms with Gasteiger partial charge in [-0.1, -0.05) is 12.1 Å². The van der Waals surface area contributed by atoms with Crippen LogP contribution in [0.25, 0.3) is 0 Å². The zero-order chi connectivity index (χ0) is 16.1. The first-order valence-corrected chi connectivity index (χ1v) is 6.66. The minimum atomic E-state index is -1.06. The van der Waals surface area contributed by atoms with Gasteiger partial charge in [0.1, 0.15) is 5.82 Å². The number of nitrogens with zero attached hydrogens (tertiary/aromatic N) is 1. The number of carbonyl (C=O) groups excluding carboxylic acids is 2. The van der Waals surface area contributed by atoms with Gasteiger partial charge >= 0.3 is 5.97 Å². The average molecular weight is 302 g/mol. The molecular formula is C16H15FN2O3. The number of ether oxygens (including phenoxy) is 1. The Labute approximate surface area is 127 Å². The van der Waals surface area contributed by atoms with Crippen molar-refractivity contribution < 1.29 is 18.7 Å². The molecule has 2 rings (SSSR count). The summed E-state index contributed by atoms with van der Waals surface area (Å²) < 4.78 is 18.5. The number of amides is 1. The minimum Gasteiger partial charge on any atom is -0.449 e. The number of pyridine rings is 1. The smallest absolute Gasteiger partial charge is 0.340 e. The molecule has 1 atom stereocenters. The number of carbonyl (C=O) groups is 2. The van der Waals surface area contributed by atoms with Gasteiger partial charge in [0.25, 0.3) is 5.91 Å². The van der Waals surface area contributed by atoms with Crippen LogP contribution >= 0.6 is 0 Å². The molecule has 5 nitrogen and oxygen atoms in total. The van der Waals surface area contributed by atoms with Crippen molar-refractivity contribution in [2.75, 3.05) is 5.32 Å². The highest BCUT2D eigenvalue weighted by molar-refractivity contribution is 5.97. The standard InChI is InChI=1S/C16H15FN2O3/c1-10-7-8-12(9-18-10)16(21)22-11(2)15(20)19-14-6-4-3-5-13(14)17/h3-9,11H,1-2H3,(H,19,20). The molecule has 1 unspecified atom stereocenters. The average Bonchev–Trinajstić information content (AvgIpc) is 2.50. The van der Waals surface area contributed by atoms with Crippen LogP contribution in [0.2, 0.25) is 0 Å². The van der Waals surface area contributed by atoms with E-state index in [-0.39, 0.29) is 11.3 Å². The molecule has 6 heteroatoms. The normalized spacial score (nSPS) is 11.6. The van der Waals surface area contributed by atoms with Crippen LogP contribution in [-0.4, -0.2) is 23.0 Å². The Morgan fingerprint density at radius 1 is 1.23 bits per heavy atom. The number of aryl methyl sites for hydroxylation is 1. The third-order valence-corrected chi connectivity index (χ3v) is 2.93. The molecule has 0 radical (unpaired) electrons. The molecule has 1 N–H and O–H groups in total. The lowest BCUT2D eigenvalue weighted by Gasteiger charge is -2.13. The molecule has 1 aromatic heterocycles. The molecule has 0 aliphatic carbocycles. The van der Waals surface area contributed by atoms with Crippen LogP contribution in [0.1, 0.15) is 23.0 Å². The van der Waals surface area contributed by atoms with Gasteiger partial charge in [-0.3, -0.25) is 9.78 Å². The number of para-hydroxylation sites is 1. The van der Waals surface area contributed by atoms with Gasteiger partial charge in [0.2, 0.25) is 0 Å². The van der Waals surface area contributed by atoms with E-state index in [4.69, 9.17) is 4.74 Å².